The smallest absolute Gasteiger partial charge is 0.320 e. The van der Waals surface area contributed by atoms with Crippen molar-refractivity contribution in [3.05, 3.63) is 0 Å². The zero-order chi connectivity index (χ0) is 28.9. The summed E-state index contributed by atoms with van der Waals surface area (Å²) < 4.78 is 10.9. The van der Waals surface area contributed by atoms with E-state index < -0.39 is 17.4 Å². The Kier molecular flexibility index (Phi) is 8.22. The number of rotatable bonds is 4. The molecule has 0 bridgehead atoms. The summed E-state index contributed by atoms with van der Waals surface area (Å²) in [6, 6.07) is 0. The first-order valence-electron chi connectivity index (χ1n) is 14.1. The second-order valence-electron chi connectivity index (χ2n) is 13.6. The van der Waals surface area contributed by atoms with Crippen molar-refractivity contribution < 1.29 is 38.9 Å². The number of aliphatic carboxylic acids is 1. The highest BCUT2D eigenvalue weighted by Crippen LogP contribution is 2.74. The molecule has 0 amide bonds. The van der Waals surface area contributed by atoms with Gasteiger partial charge in [0.2, 0.25) is 0 Å². The molecule has 4 saturated carbocycles. The molecular formula is C30H48O8. The van der Waals surface area contributed by atoms with E-state index in [1.807, 2.05) is 0 Å². The zero-order valence-electron chi connectivity index (χ0n) is 24.5. The molecule has 8 heteroatoms. The van der Waals surface area contributed by atoms with E-state index in [-0.39, 0.29) is 58.5 Å². The van der Waals surface area contributed by atoms with Gasteiger partial charge in [-0.25, -0.2) is 0 Å². The molecule has 0 aromatic carbocycles. The van der Waals surface area contributed by atoms with E-state index in [1.165, 1.54) is 13.8 Å². The number of hydrogen-bond donors (Lipinski definition) is 2. The van der Waals surface area contributed by atoms with E-state index in [1.54, 1.807) is 0 Å². The normalized spacial score (nSPS) is 43.2. The average molecular weight is 537 g/mol. The van der Waals surface area contributed by atoms with Crippen LogP contribution in [0.25, 0.3) is 0 Å². The molecule has 8 atom stereocenters. The molecule has 4 aliphatic rings. The second-order valence-corrected chi connectivity index (χ2v) is 13.6. The highest BCUT2D eigenvalue weighted by Gasteiger charge is 2.71. The number of fused-ring (bicyclic) bond motifs is 5. The lowest BCUT2D eigenvalue weighted by molar-refractivity contribution is -0.237. The van der Waals surface area contributed by atoms with Gasteiger partial charge in [0.25, 0.3) is 0 Å². The molecule has 0 saturated heterocycles. The molecule has 0 aromatic rings. The van der Waals surface area contributed by atoms with Crippen molar-refractivity contribution in [1.82, 2.24) is 0 Å². The summed E-state index contributed by atoms with van der Waals surface area (Å²) >= 11 is 0. The topological polar surface area (TPSA) is 127 Å². The maximum absolute atomic E-state index is 13.9. The van der Waals surface area contributed by atoms with Crippen molar-refractivity contribution in [2.24, 2.45) is 44.8 Å². The molecule has 2 N–H and O–H groups in total. The molecule has 0 spiro atoms. The van der Waals surface area contributed by atoms with Gasteiger partial charge in [0.1, 0.15) is 12.7 Å². The molecule has 0 aliphatic heterocycles. The van der Waals surface area contributed by atoms with Crippen molar-refractivity contribution >= 4 is 23.7 Å². The molecule has 4 fully saturated rings. The lowest BCUT2D eigenvalue weighted by Gasteiger charge is -2.71. The average Bonchev–Trinajstić information content (AvgIpc) is 2.82. The largest absolute Gasteiger partial charge is 0.480 e. The first-order chi connectivity index (χ1) is 17.6. The molecule has 4 rings (SSSR count). The Morgan fingerprint density at radius 3 is 2.00 bits per heavy atom. The van der Waals surface area contributed by atoms with E-state index >= 15 is 0 Å². The number of esters is 2. The monoisotopic (exact) mass is 536 g/mol. The Labute approximate surface area is 227 Å². The highest BCUT2D eigenvalue weighted by atomic mass is 16.5. The molecule has 0 heterocycles. The number of Topliss-reactive ketones (excluding diaryl/α,β-unsaturated/α-hetero) is 1. The zero-order valence-corrected chi connectivity index (χ0v) is 24.5. The van der Waals surface area contributed by atoms with Crippen LogP contribution in [0, 0.1) is 44.8 Å². The third kappa shape index (κ3) is 4.29. The van der Waals surface area contributed by atoms with E-state index in [9.17, 15) is 24.3 Å². The standard InChI is InChI=1S/C29H44O7.CH4O/c1-17(30)35-16-29(24(33)34)15-14-27(6)19(23(29)32)8-9-21-26(5)12-11-22(36-18(2)31)25(3,4)20(26)10-13-28(21,27)7;1-2/h19-22H,8-16H2,1-7H3,(H,33,34);2H,1H3/t19?,20?,21?,22-,26-,27+,28+,29-;/m0./s1. The van der Waals surface area contributed by atoms with Crippen LogP contribution in [0.2, 0.25) is 0 Å². The van der Waals surface area contributed by atoms with Gasteiger partial charge in [-0.15, -0.1) is 0 Å². The molecule has 4 aliphatic carbocycles. The van der Waals surface area contributed by atoms with Gasteiger partial charge in [-0.1, -0.05) is 34.6 Å². The quantitative estimate of drug-likeness (QED) is 0.387. The van der Waals surface area contributed by atoms with Crippen molar-refractivity contribution in [3.8, 4) is 0 Å². The molecule has 38 heavy (non-hydrogen) atoms. The molecule has 216 valence electrons. The summed E-state index contributed by atoms with van der Waals surface area (Å²) in [5, 5.41) is 17.1. The van der Waals surface area contributed by atoms with Gasteiger partial charge >= 0.3 is 17.9 Å². The lowest BCUT2D eigenvalue weighted by Crippen LogP contribution is -2.68. The Balaban J connectivity index is 0.00000195. The van der Waals surface area contributed by atoms with Gasteiger partial charge in [-0.05, 0) is 79.4 Å². The Morgan fingerprint density at radius 2 is 1.45 bits per heavy atom. The summed E-state index contributed by atoms with van der Waals surface area (Å²) in [4.78, 5) is 49.7. The fourth-order valence-electron chi connectivity index (χ4n) is 9.77. The number of aliphatic hydroxyl groups excluding tert-OH is 1. The predicted molar refractivity (Wildman–Crippen MR) is 141 cm³/mol. The van der Waals surface area contributed by atoms with Crippen molar-refractivity contribution in [2.75, 3.05) is 13.7 Å². The van der Waals surface area contributed by atoms with Gasteiger partial charge in [0.15, 0.2) is 11.2 Å². The van der Waals surface area contributed by atoms with Crippen LogP contribution >= 0.6 is 0 Å². The predicted octanol–water partition coefficient (Wildman–Crippen LogP) is 4.80. The van der Waals surface area contributed by atoms with Crippen LogP contribution in [-0.4, -0.2) is 53.7 Å². The number of carbonyl (C=O) groups excluding carboxylic acids is 3. The van der Waals surface area contributed by atoms with Gasteiger partial charge in [0.05, 0.1) is 0 Å². The maximum atomic E-state index is 13.9. The Bertz CT molecular complexity index is 973. The van der Waals surface area contributed by atoms with Crippen molar-refractivity contribution in [2.45, 2.75) is 106 Å². The summed E-state index contributed by atoms with van der Waals surface area (Å²) in [6.07, 6.45) is 6.09. The lowest BCUT2D eigenvalue weighted by atomic mass is 9.33. The minimum absolute atomic E-state index is 0.0588. The SMILES string of the molecule is CC(=O)OC[C@@]1(C(=O)O)CC[C@]2(C)C(CCC3[C@@]4(C)CC[C@H](OC(C)=O)C(C)(C)C4CC[C@]32C)C1=O.CO. The van der Waals surface area contributed by atoms with Gasteiger partial charge in [-0.2, -0.15) is 0 Å². The van der Waals surface area contributed by atoms with Gasteiger partial charge < -0.3 is 19.7 Å². The Hall–Kier alpha value is -1.96. The number of ether oxygens (including phenoxy) is 2. The summed E-state index contributed by atoms with van der Waals surface area (Å²) in [5.74, 6) is -1.76. The van der Waals surface area contributed by atoms with Gasteiger partial charge in [-0.3, -0.25) is 19.2 Å². The summed E-state index contributed by atoms with van der Waals surface area (Å²) in [7, 11) is 1.00. The van der Waals surface area contributed by atoms with Crippen LogP contribution in [0.4, 0.5) is 0 Å². The second kappa shape index (κ2) is 10.2. The minimum Gasteiger partial charge on any atom is -0.480 e. The molecular weight excluding hydrogens is 488 g/mol. The van der Waals surface area contributed by atoms with Crippen LogP contribution in [-0.2, 0) is 28.7 Å². The minimum atomic E-state index is -1.65. The molecule has 0 aromatic heterocycles. The maximum Gasteiger partial charge on any atom is 0.320 e. The van der Waals surface area contributed by atoms with Crippen molar-refractivity contribution in [3.63, 3.8) is 0 Å². The van der Waals surface area contributed by atoms with Crippen LogP contribution in [0.5, 0.6) is 0 Å². The number of aliphatic hydroxyl groups is 1. The number of carboxylic acids is 1. The summed E-state index contributed by atoms with van der Waals surface area (Å²) in [6.45, 7) is 13.8. The number of carboxylic acid groups (broad SMARTS) is 1. The molecule has 3 unspecified atom stereocenters. The molecule has 8 nitrogen and oxygen atoms in total. The fourth-order valence-corrected chi connectivity index (χ4v) is 9.77. The van der Waals surface area contributed by atoms with E-state index in [4.69, 9.17) is 14.6 Å². The van der Waals surface area contributed by atoms with Crippen LogP contribution in [0.1, 0.15) is 99.8 Å². The van der Waals surface area contributed by atoms with Crippen LogP contribution < -0.4 is 0 Å². The third-order valence-electron chi connectivity index (χ3n) is 11.9. The highest BCUT2D eigenvalue weighted by molar-refractivity contribution is 6.05. The summed E-state index contributed by atoms with van der Waals surface area (Å²) in [5.41, 5.74) is -2.14. The Morgan fingerprint density at radius 1 is 0.816 bits per heavy atom. The van der Waals surface area contributed by atoms with Crippen molar-refractivity contribution in [1.29, 1.82) is 0 Å². The number of hydrogen-bond acceptors (Lipinski definition) is 7. The first-order valence-corrected chi connectivity index (χ1v) is 14.1. The van der Waals surface area contributed by atoms with Crippen LogP contribution in [0.3, 0.4) is 0 Å². The number of carbonyl (C=O) groups is 4. The molecule has 0 radical (unpaired) electrons. The van der Waals surface area contributed by atoms with Gasteiger partial charge in [0, 0.05) is 32.3 Å². The van der Waals surface area contributed by atoms with E-state index in [0.717, 1.165) is 39.2 Å². The first kappa shape index (κ1) is 30.6. The van der Waals surface area contributed by atoms with E-state index in [0.29, 0.717) is 24.7 Å². The fraction of sp³-hybridized carbons (Fsp3) is 0.867. The van der Waals surface area contributed by atoms with Crippen LogP contribution in [0.15, 0.2) is 0 Å². The third-order valence-corrected chi connectivity index (χ3v) is 11.9. The number of ketones is 1. The van der Waals surface area contributed by atoms with E-state index in [2.05, 4.69) is 34.6 Å².